The Morgan fingerprint density at radius 3 is 2.35 bits per heavy atom. The molecule has 1 heterocycles. The second kappa shape index (κ2) is 11.2. The van der Waals surface area contributed by atoms with E-state index in [1.54, 1.807) is 17.7 Å². The Morgan fingerprint density at radius 1 is 1.06 bits per heavy atom. The van der Waals surface area contributed by atoms with Crippen molar-refractivity contribution in [3.63, 3.8) is 0 Å². The summed E-state index contributed by atoms with van der Waals surface area (Å²) in [5, 5.41) is 18.5. The standard InChI is InChI=1S/C25H23N5O4/c1-17-22(18(2)30(29-17)21-11-7-4-8-12-21)13-20(14-26)24(32)34-16-23(31)28-25(33)27-15-19-9-5-3-6-10-19/h3-13H,15-16H2,1-2H3,(H2,27,28,31,33). The number of aromatic nitrogens is 2. The third-order valence-corrected chi connectivity index (χ3v) is 4.86. The van der Waals surface area contributed by atoms with Gasteiger partial charge >= 0.3 is 12.0 Å². The molecule has 2 aromatic carbocycles. The summed E-state index contributed by atoms with van der Waals surface area (Å²) in [6.07, 6.45) is 1.38. The van der Waals surface area contributed by atoms with Crippen molar-refractivity contribution in [1.82, 2.24) is 20.4 Å². The minimum Gasteiger partial charge on any atom is -0.451 e. The monoisotopic (exact) mass is 457 g/mol. The average Bonchev–Trinajstić information content (AvgIpc) is 3.13. The Morgan fingerprint density at radius 2 is 1.71 bits per heavy atom. The molecule has 9 nitrogen and oxygen atoms in total. The Hall–Kier alpha value is -4.71. The minimum absolute atomic E-state index is 0.233. The summed E-state index contributed by atoms with van der Waals surface area (Å²) in [5.41, 5.74) is 3.36. The van der Waals surface area contributed by atoms with Crippen molar-refractivity contribution in [2.75, 3.05) is 6.61 Å². The predicted molar refractivity (Wildman–Crippen MR) is 124 cm³/mol. The van der Waals surface area contributed by atoms with Gasteiger partial charge in [0.15, 0.2) is 6.61 Å². The maximum Gasteiger partial charge on any atom is 0.349 e. The summed E-state index contributed by atoms with van der Waals surface area (Å²) in [5.74, 6) is -1.80. The lowest BCUT2D eigenvalue weighted by Crippen LogP contribution is -2.41. The fourth-order valence-corrected chi connectivity index (χ4v) is 3.16. The molecule has 0 bridgehead atoms. The summed E-state index contributed by atoms with van der Waals surface area (Å²) in [4.78, 5) is 36.1. The molecule has 0 spiro atoms. The number of urea groups is 1. The first-order chi connectivity index (χ1) is 16.4. The SMILES string of the molecule is Cc1nn(-c2ccccc2)c(C)c1C=C(C#N)C(=O)OCC(=O)NC(=O)NCc1ccccc1. The van der Waals surface area contributed by atoms with Crippen molar-refractivity contribution >= 4 is 24.0 Å². The molecule has 3 amide bonds. The van der Waals surface area contributed by atoms with Crippen LogP contribution in [-0.2, 0) is 20.9 Å². The maximum atomic E-state index is 12.4. The molecule has 9 heteroatoms. The first-order valence-electron chi connectivity index (χ1n) is 10.4. The predicted octanol–water partition coefficient (Wildman–Crippen LogP) is 2.97. The van der Waals surface area contributed by atoms with Gasteiger partial charge in [-0.1, -0.05) is 48.5 Å². The summed E-state index contributed by atoms with van der Waals surface area (Å²) >= 11 is 0. The van der Waals surface area contributed by atoms with Crippen LogP contribution in [0.15, 0.2) is 66.2 Å². The molecule has 0 atom stereocenters. The van der Waals surface area contributed by atoms with Crippen molar-refractivity contribution in [3.8, 4) is 11.8 Å². The van der Waals surface area contributed by atoms with E-state index in [-0.39, 0.29) is 12.1 Å². The smallest absolute Gasteiger partial charge is 0.349 e. The maximum absolute atomic E-state index is 12.4. The van der Waals surface area contributed by atoms with Gasteiger partial charge in [-0.2, -0.15) is 10.4 Å². The van der Waals surface area contributed by atoms with Crippen LogP contribution in [0.25, 0.3) is 11.8 Å². The molecule has 0 radical (unpaired) electrons. The van der Waals surface area contributed by atoms with Crippen LogP contribution in [0.5, 0.6) is 0 Å². The fourth-order valence-electron chi connectivity index (χ4n) is 3.16. The van der Waals surface area contributed by atoms with Crippen LogP contribution in [0.1, 0.15) is 22.5 Å². The lowest BCUT2D eigenvalue weighted by Gasteiger charge is -2.07. The highest BCUT2D eigenvalue weighted by Gasteiger charge is 2.18. The summed E-state index contributed by atoms with van der Waals surface area (Å²) in [7, 11) is 0. The minimum atomic E-state index is -0.978. The number of esters is 1. The van der Waals surface area contributed by atoms with E-state index in [1.807, 2.05) is 67.6 Å². The van der Waals surface area contributed by atoms with Gasteiger partial charge in [0.2, 0.25) is 0 Å². The summed E-state index contributed by atoms with van der Waals surface area (Å²) in [6.45, 7) is 3.11. The second-order valence-electron chi connectivity index (χ2n) is 7.29. The molecule has 2 N–H and O–H groups in total. The Kier molecular flexibility index (Phi) is 7.92. The first kappa shape index (κ1) is 23.9. The van der Waals surface area contributed by atoms with Gasteiger partial charge in [-0.05, 0) is 37.6 Å². The molecular weight excluding hydrogens is 434 g/mol. The lowest BCUT2D eigenvalue weighted by molar-refractivity contribution is -0.144. The molecule has 0 aliphatic heterocycles. The van der Waals surface area contributed by atoms with Crippen molar-refractivity contribution in [1.29, 1.82) is 5.26 Å². The number of ether oxygens (including phenoxy) is 1. The number of carbonyl (C=O) groups excluding carboxylic acids is 3. The lowest BCUT2D eigenvalue weighted by atomic mass is 10.1. The van der Waals surface area contributed by atoms with Crippen LogP contribution >= 0.6 is 0 Å². The molecular formula is C25H23N5O4. The van der Waals surface area contributed by atoms with Gasteiger partial charge in [0, 0.05) is 17.8 Å². The normalized spacial score (nSPS) is 10.8. The van der Waals surface area contributed by atoms with Gasteiger partial charge < -0.3 is 10.1 Å². The van der Waals surface area contributed by atoms with Crippen molar-refractivity contribution in [3.05, 3.63) is 88.8 Å². The number of amides is 3. The third-order valence-electron chi connectivity index (χ3n) is 4.86. The molecule has 0 saturated carbocycles. The van der Waals surface area contributed by atoms with Crippen LogP contribution in [0.4, 0.5) is 4.79 Å². The zero-order valence-corrected chi connectivity index (χ0v) is 18.7. The number of imide groups is 1. The zero-order chi connectivity index (χ0) is 24.5. The van der Waals surface area contributed by atoms with Crippen LogP contribution in [0.3, 0.4) is 0 Å². The van der Waals surface area contributed by atoms with E-state index in [0.717, 1.165) is 16.9 Å². The van der Waals surface area contributed by atoms with Gasteiger partial charge in [-0.3, -0.25) is 10.1 Å². The molecule has 172 valence electrons. The van der Waals surface area contributed by atoms with E-state index in [1.165, 1.54) is 6.08 Å². The Bertz CT molecular complexity index is 1260. The zero-order valence-electron chi connectivity index (χ0n) is 18.7. The number of hydrogen-bond donors (Lipinski definition) is 2. The third kappa shape index (κ3) is 6.17. The number of para-hydroxylation sites is 1. The summed E-state index contributed by atoms with van der Waals surface area (Å²) in [6, 6.07) is 19.7. The number of nitrogens with one attached hydrogen (secondary N) is 2. The van der Waals surface area contributed by atoms with E-state index >= 15 is 0 Å². The van der Waals surface area contributed by atoms with Gasteiger partial charge in [0.1, 0.15) is 11.6 Å². The van der Waals surface area contributed by atoms with E-state index < -0.39 is 24.5 Å². The van der Waals surface area contributed by atoms with Crippen LogP contribution in [0, 0.1) is 25.2 Å². The number of aryl methyl sites for hydroxylation is 1. The molecule has 3 aromatic rings. The van der Waals surface area contributed by atoms with Crippen molar-refractivity contribution < 1.29 is 19.1 Å². The van der Waals surface area contributed by atoms with E-state index in [9.17, 15) is 19.6 Å². The molecule has 0 aliphatic rings. The number of carbonyl (C=O) groups is 3. The van der Waals surface area contributed by atoms with Crippen molar-refractivity contribution in [2.45, 2.75) is 20.4 Å². The molecule has 0 fully saturated rings. The summed E-state index contributed by atoms with van der Waals surface area (Å²) < 4.78 is 6.63. The van der Waals surface area contributed by atoms with E-state index in [0.29, 0.717) is 11.3 Å². The van der Waals surface area contributed by atoms with Gasteiger partial charge in [0.05, 0.1) is 11.4 Å². The number of hydrogen-bond acceptors (Lipinski definition) is 6. The molecule has 0 unspecified atom stereocenters. The molecule has 0 saturated heterocycles. The van der Waals surface area contributed by atoms with Gasteiger partial charge in [-0.25, -0.2) is 14.3 Å². The molecule has 34 heavy (non-hydrogen) atoms. The highest BCUT2D eigenvalue weighted by Crippen LogP contribution is 2.20. The number of benzene rings is 2. The topological polar surface area (TPSA) is 126 Å². The first-order valence-corrected chi connectivity index (χ1v) is 10.4. The number of rotatable bonds is 7. The number of nitriles is 1. The average molecular weight is 457 g/mol. The molecule has 1 aromatic heterocycles. The molecule has 0 aliphatic carbocycles. The quantitative estimate of drug-likeness (QED) is 0.319. The van der Waals surface area contributed by atoms with Crippen LogP contribution in [0.2, 0.25) is 0 Å². The molecule has 3 rings (SSSR count). The van der Waals surface area contributed by atoms with E-state index in [2.05, 4.69) is 15.7 Å². The van der Waals surface area contributed by atoms with Crippen molar-refractivity contribution in [2.24, 2.45) is 0 Å². The highest BCUT2D eigenvalue weighted by atomic mass is 16.5. The highest BCUT2D eigenvalue weighted by molar-refractivity contribution is 6.00. The number of nitrogens with zero attached hydrogens (tertiary/aromatic N) is 3. The van der Waals surface area contributed by atoms with Crippen LogP contribution < -0.4 is 10.6 Å². The Labute approximate surface area is 196 Å². The van der Waals surface area contributed by atoms with Gasteiger partial charge in [-0.15, -0.1) is 0 Å². The Balaban J connectivity index is 1.58. The largest absolute Gasteiger partial charge is 0.451 e. The van der Waals surface area contributed by atoms with Crippen LogP contribution in [-0.4, -0.2) is 34.3 Å². The second-order valence-corrected chi connectivity index (χ2v) is 7.29. The van der Waals surface area contributed by atoms with E-state index in [4.69, 9.17) is 4.74 Å². The van der Waals surface area contributed by atoms with Gasteiger partial charge in [0.25, 0.3) is 5.91 Å². The fraction of sp³-hybridized carbons (Fsp3) is 0.160.